The van der Waals surface area contributed by atoms with E-state index in [0.29, 0.717) is 30.0 Å². The van der Waals surface area contributed by atoms with Crippen LogP contribution in [0.25, 0.3) is 28.3 Å². The highest BCUT2D eigenvalue weighted by Crippen LogP contribution is 2.39. The maximum atomic E-state index is 14.0. The maximum Gasteiger partial charge on any atom is 0.420 e. The van der Waals surface area contributed by atoms with Crippen LogP contribution in [-0.2, 0) is 22.3 Å². The molecule has 1 aromatic carbocycles. The number of rotatable bonds is 7. The molecule has 0 aliphatic carbocycles. The van der Waals surface area contributed by atoms with Gasteiger partial charge in [0, 0.05) is 48.9 Å². The molecule has 0 radical (unpaired) electrons. The largest absolute Gasteiger partial charge is 0.459 e. The summed E-state index contributed by atoms with van der Waals surface area (Å²) in [7, 11) is 0. The topological polar surface area (TPSA) is 148 Å². The zero-order valence-corrected chi connectivity index (χ0v) is 22.4. The molecule has 2 bridgehead atoms. The van der Waals surface area contributed by atoms with Gasteiger partial charge in [0.05, 0.1) is 35.6 Å². The minimum Gasteiger partial charge on any atom is -0.459 e. The Hall–Kier alpha value is -5.11. The second-order valence-corrected chi connectivity index (χ2v) is 10.1. The minimum absolute atomic E-state index is 0.0588. The van der Waals surface area contributed by atoms with Crippen LogP contribution in [0.15, 0.2) is 75.7 Å². The van der Waals surface area contributed by atoms with Gasteiger partial charge in [-0.2, -0.15) is 13.2 Å². The predicted molar refractivity (Wildman–Crippen MR) is 147 cm³/mol. The van der Waals surface area contributed by atoms with Crippen molar-refractivity contribution in [3.8, 4) is 11.3 Å². The number of morpholine rings is 1. The number of carbonyl (C=O) groups excluding carboxylic acids is 2. The number of pyridine rings is 2. The number of furan rings is 1. The Bertz CT molecular complexity index is 1720. The number of nitrogens with one attached hydrogen (secondary N) is 1. The summed E-state index contributed by atoms with van der Waals surface area (Å²) in [5.74, 6) is 4.73. The molecule has 2 atom stereocenters. The van der Waals surface area contributed by atoms with Crippen molar-refractivity contribution in [1.29, 1.82) is 0 Å². The number of hydrogen-bond donors (Lipinski definition) is 2. The summed E-state index contributed by atoms with van der Waals surface area (Å²) in [5.41, 5.74) is 0.109. The Balaban J connectivity index is 1.17. The van der Waals surface area contributed by atoms with Crippen LogP contribution in [0.1, 0.15) is 33.7 Å². The van der Waals surface area contributed by atoms with Crippen molar-refractivity contribution in [2.24, 2.45) is 16.2 Å². The van der Waals surface area contributed by atoms with E-state index in [0.717, 1.165) is 12.5 Å². The fourth-order valence-corrected chi connectivity index (χ4v) is 5.07. The lowest BCUT2D eigenvalue weighted by Crippen LogP contribution is -2.58. The fraction of sp³-hybridized carbons (Fsp3) is 0.241. The van der Waals surface area contributed by atoms with Gasteiger partial charge in [-0.1, -0.05) is 5.22 Å². The van der Waals surface area contributed by atoms with Crippen LogP contribution < -0.4 is 11.2 Å². The molecule has 2 unspecified atom stereocenters. The first-order valence-corrected chi connectivity index (χ1v) is 13.2. The van der Waals surface area contributed by atoms with Crippen LogP contribution in [0.2, 0.25) is 0 Å². The van der Waals surface area contributed by atoms with Crippen molar-refractivity contribution in [3.05, 3.63) is 83.4 Å². The standard InChI is InChI=1S/C29H24F3N7O4/c30-29(31,32)23-9-18(24-4-3-17(12-34-24)28(41)39-14-21-10-22(15-39)42-21)7-19-8-20(43-27(19)23)13-36-26(40)6-2-16-1-5-25(35-11-16)37-38-33/h1-9,11-12,21-22H,10,13-15H2,(H,36,40)(H2,33,35,37)/b6-2+. The second-order valence-electron chi connectivity index (χ2n) is 10.1. The summed E-state index contributed by atoms with van der Waals surface area (Å²) in [6.07, 6.45) is 1.95. The van der Waals surface area contributed by atoms with Crippen molar-refractivity contribution < 1.29 is 31.9 Å². The number of piperidine rings is 1. The summed E-state index contributed by atoms with van der Waals surface area (Å²) in [4.78, 5) is 35.2. The molecule has 43 heavy (non-hydrogen) atoms. The molecular weight excluding hydrogens is 567 g/mol. The average Bonchev–Trinajstić information content (AvgIpc) is 3.41. The molecule has 3 aromatic heterocycles. The van der Waals surface area contributed by atoms with Gasteiger partial charge in [-0.05, 0) is 54.1 Å². The highest BCUT2D eigenvalue weighted by atomic mass is 19.4. The number of nitrogens with two attached hydrogens (primary N) is 1. The van der Waals surface area contributed by atoms with Gasteiger partial charge in [0.15, 0.2) is 5.82 Å². The summed E-state index contributed by atoms with van der Waals surface area (Å²) >= 11 is 0. The molecule has 0 saturated carbocycles. The molecule has 7 rings (SSSR count). The molecule has 3 N–H and O–H groups in total. The number of benzene rings is 1. The number of fused-ring (bicyclic) bond motifs is 3. The van der Waals surface area contributed by atoms with Crippen molar-refractivity contribution in [3.63, 3.8) is 0 Å². The molecule has 3 fully saturated rings. The van der Waals surface area contributed by atoms with Crippen molar-refractivity contribution >= 4 is 34.7 Å². The molecular formula is C29H24F3N7O4. The lowest BCUT2D eigenvalue weighted by Gasteiger charge is -2.46. The number of nitrogens with zero attached hydrogens (tertiary/aromatic N) is 5. The highest BCUT2D eigenvalue weighted by Gasteiger charge is 2.40. The van der Waals surface area contributed by atoms with Gasteiger partial charge in [0.1, 0.15) is 11.3 Å². The zero-order chi connectivity index (χ0) is 30.1. The van der Waals surface area contributed by atoms with Crippen LogP contribution in [-0.4, -0.2) is 52.0 Å². The van der Waals surface area contributed by atoms with Crippen molar-refractivity contribution in [2.75, 3.05) is 13.1 Å². The summed E-state index contributed by atoms with van der Waals surface area (Å²) in [5, 5.41) is 9.50. The number of halogens is 3. The third-order valence-corrected chi connectivity index (χ3v) is 7.12. The smallest absolute Gasteiger partial charge is 0.420 e. The molecule has 220 valence electrons. The Morgan fingerprint density at radius 1 is 1.09 bits per heavy atom. The van der Waals surface area contributed by atoms with Gasteiger partial charge < -0.3 is 25.2 Å². The normalized spacial score (nSPS) is 18.3. The van der Waals surface area contributed by atoms with E-state index in [2.05, 4.69) is 25.6 Å². The number of carbonyl (C=O) groups is 2. The Kier molecular flexibility index (Phi) is 7.36. The predicted octanol–water partition coefficient (Wildman–Crippen LogP) is 4.81. The second kappa shape index (κ2) is 11.3. The van der Waals surface area contributed by atoms with E-state index in [-0.39, 0.29) is 52.6 Å². The molecule has 3 aliphatic heterocycles. The van der Waals surface area contributed by atoms with E-state index in [1.54, 1.807) is 23.1 Å². The molecule has 3 saturated heterocycles. The molecule has 2 amide bonds. The molecule has 4 aromatic rings. The molecule has 3 aliphatic rings. The molecule has 6 heterocycles. The number of alkyl halides is 3. The van der Waals surface area contributed by atoms with Gasteiger partial charge in [0.2, 0.25) is 5.91 Å². The van der Waals surface area contributed by atoms with E-state index in [4.69, 9.17) is 15.0 Å². The fourth-order valence-electron chi connectivity index (χ4n) is 5.07. The van der Waals surface area contributed by atoms with Crippen LogP contribution in [0.4, 0.5) is 19.0 Å². The maximum absolute atomic E-state index is 14.0. The Morgan fingerprint density at radius 2 is 1.88 bits per heavy atom. The van der Waals surface area contributed by atoms with E-state index in [1.165, 1.54) is 42.7 Å². The first kappa shape index (κ1) is 28.0. The average molecular weight is 592 g/mol. The van der Waals surface area contributed by atoms with Crippen molar-refractivity contribution in [2.45, 2.75) is 31.3 Å². The van der Waals surface area contributed by atoms with Crippen LogP contribution in [0.5, 0.6) is 0 Å². The summed E-state index contributed by atoms with van der Waals surface area (Å²) in [6, 6.07) is 10.2. The summed E-state index contributed by atoms with van der Waals surface area (Å²) in [6.45, 7) is 0.880. The minimum atomic E-state index is -4.71. The third-order valence-electron chi connectivity index (χ3n) is 7.12. The van der Waals surface area contributed by atoms with Gasteiger partial charge >= 0.3 is 6.18 Å². The zero-order valence-electron chi connectivity index (χ0n) is 22.4. The van der Waals surface area contributed by atoms with E-state index in [1.807, 2.05) is 0 Å². The highest BCUT2D eigenvalue weighted by molar-refractivity contribution is 5.95. The van der Waals surface area contributed by atoms with Crippen LogP contribution in [0.3, 0.4) is 0 Å². The van der Waals surface area contributed by atoms with Gasteiger partial charge in [0.25, 0.3) is 5.91 Å². The number of ether oxygens (including phenoxy) is 1. The van der Waals surface area contributed by atoms with Gasteiger partial charge in [-0.3, -0.25) is 14.6 Å². The van der Waals surface area contributed by atoms with Crippen molar-refractivity contribution in [1.82, 2.24) is 20.2 Å². The molecule has 14 heteroatoms. The third kappa shape index (κ3) is 6.09. The number of aromatic nitrogens is 2. The molecule has 0 spiro atoms. The molecule has 11 nitrogen and oxygen atoms in total. The monoisotopic (exact) mass is 591 g/mol. The number of amides is 2. The van der Waals surface area contributed by atoms with E-state index >= 15 is 0 Å². The van der Waals surface area contributed by atoms with E-state index < -0.39 is 17.6 Å². The lowest BCUT2D eigenvalue weighted by molar-refractivity contribution is -0.171. The lowest BCUT2D eigenvalue weighted by atomic mass is 9.98. The first-order valence-electron chi connectivity index (χ1n) is 13.2. The van der Waals surface area contributed by atoms with Crippen LogP contribution >= 0.6 is 0 Å². The first-order chi connectivity index (χ1) is 20.7. The van der Waals surface area contributed by atoms with Gasteiger partial charge in [-0.25, -0.2) is 4.98 Å². The number of hydrogen-bond acceptors (Lipinski definition) is 8. The van der Waals surface area contributed by atoms with E-state index in [9.17, 15) is 22.8 Å². The Labute approximate surface area is 242 Å². The quantitative estimate of drug-likeness (QED) is 0.136. The Morgan fingerprint density at radius 3 is 2.53 bits per heavy atom. The van der Waals surface area contributed by atoms with Gasteiger partial charge in [-0.15, -0.1) is 5.11 Å². The van der Waals surface area contributed by atoms with Crippen LogP contribution in [0, 0.1) is 0 Å². The SMILES string of the molecule is NN=Nc1ccc(/C=C/C(=O)NCc2cc3cc(-c4ccc(C(=O)N5CC6CC(C5)O6)cn4)cc(C(F)(F)F)c3o2)cn1. The summed E-state index contributed by atoms with van der Waals surface area (Å²) < 4.78 is 53.2.